The van der Waals surface area contributed by atoms with Crippen LogP contribution in [0.5, 0.6) is 5.75 Å². The van der Waals surface area contributed by atoms with Crippen molar-refractivity contribution >= 4 is 33.2 Å². The first-order chi connectivity index (χ1) is 13.1. The highest BCUT2D eigenvalue weighted by Crippen LogP contribution is 2.29. The number of halogens is 2. The zero-order chi connectivity index (χ0) is 18.8. The molecular formula is C22H19BrClN2O+. The van der Waals surface area contributed by atoms with Crippen molar-refractivity contribution in [3.63, 3.8) is 0 Å². The molecule has 2 atom stereocenters. The van der Waals surface area contributed by atoms with Gasteiger partial charge < -0.3 is 15.7 Å². The number of rotatable bonds is 3. The predicted octanol–water partition coefficient (Wildman–Crippen LogP) is 4.76. The minimum absolute atomic E-state index is 0.00762. The fourth-order valence-electron chi connectivity index (χ4n) is 3.34. The average molecular weight is 443 g/mol. The van der Waals surface area contributed by atoms with E-state index < -0.39 is 0 Å². The molecule has 0 aliphatic carbocycles. The van der Waals surface area contributed by atoms with Crippen LogP contribution in [0.15, 0.2) is 83.3 Å². The van der Waals surface area contributed by atoms with Crippen molar-refractivity contribution in [1.82, 2.24) is 5.32 Å². The molecule has 0 saturated heterocycles. The molecule has 3 nitrogen and oxygen atoms in total. The highest BCUT2D eigenvalue weighted by molar-refractivity contribution is 9.10. The number of benzene rings is 3. The zero-order valence-corrected chi connectivity index (χ0v) is 16.8. The van der Waals surface area contributed by atoms with E-state index in [9.17, 15) is 5.11 Å². The van der Waals surface area contributed by atoms with Crippen LogP contribution in [0.2, 0.25) is 5.02 Å². The third-order valence-corrected chi connectivity index (χ3v) is 5.52. The number of phenols is 1. The Bertz CT molecular complexity index is 970. The first-order valence-electron chi connectivity index (χ1n) is 8.73. The lowest BCUT2D eigenvalue weighted by Crippen LogP contribution is -2.89. The van der Waals surface area contributed by atoms with Gasteiger partial charge in [-0.3, -0.25) is 0 Å². The van der Waals surface area contributed by atoms with Gasteiger partial charge in [0.15, 0.2) is 6.17 Å². The van der Waals surface area contributed by atoms with Gasteiger partial charge in [-0.05, 0) is 54.1 Å². The van der Waals surface area contributed by atoms with Gasteiger partial charge in [0.1, 0.15) is 11.8 Å². The lowest BCUT2D eigenvalue weighted by Gasteiger charge is -2.30. The van der Waals surface area contributed by atoms with Crippen molar-refractivity contribution in [3.05, 3.63) is 105 Å². The molecule has 2 unspecified atom stereocenters. The topological polar surface area (TPSA) is 48.9 Å². The summed E-state index contributed by atoms with van der Waals surface area (Å²) in [5.74, 6) is 0.307. The molecule has 0 aromatic heterocycles. The van der Waals surface area contributed by atoms with E-state index in [4.69, 9.17) is 11.6 Å². The van der Waals surface area contributed by atoms with Crippen molar-refractivity contribution < 1.29 is 10.4 Å². The van der Waals surface area contributed by atoms with Crippen LogP contribution in [-0.2, 0) is 0 Å². The summed E-state index contributed by atoms with van der Waals surface area (Å²) >= 11 is 9.55. The molecule has 27 heavy (non-hydrogen) atoms. The Hall–Kier alpha value is -2.27. The maximum atomic E-state index is 10.4. The van der Waals surface area contributed by atoms with Crippen LogP contribution >= 0.6 is 27.5 Å². The van der Waals surface area contributed by atoms with Gasteiger partial charge in [0.05, 0.1) is 5.56 Å². The SMILES string of the molecule is Oc1ccccc1C1C=C(c2ccc(Cl)cc2)NC(c2ccc(Br)cc2)[NH2+]1. The zero-order valence-electron chi connectivity index (χ0n) is 14.4. The summed E-state index contributed by atoms with van der Waals surface area (Å²) in [6.45, 7) is 0. The Morgan fingerprint density at radius 1 is 0.926 bits per heavy atom. The van der Waals surface area contributed by atoms with Crippen LogP contribution in [0.25, 0.3) is 5.70 Å². The van der Waals surface area contributed by atoms with E-state index in [0.29, 0.717) is 10.8 Å². The van der Waals surface area contributed by atoms with Crippen molar-refractivity contribution in [2.45, 2.75) is 12.2 Å². The molecule has 1 heterocycles. The number of hydrogen-bond donors (Lipinski definition) is 3. The molecule has 1 aliphatic rings. The van der Waals surface area contributed by atoms with E-state index in [0.717, 1.165) is 26.9 Å². The van der Waals surface area contributed by atoms with Gasteiger partial charge in [-0.15, -0.1) is 0 Å². The van der Waals surface area contributed by atoms with Gasteiger partial charge >= 0.3 is 0 Å². The maximum absolute atomic E-state index is 10.4. The van der Waals surface area contributed by atoms with E-state index >= 15 is 0 Å². The van der Waals surface area contributed by atoms with Gasteiger partial charge in [0, 0.05) is 26.8 Å². The first-order valence-corrected chi connectivity index (χ1v) is 9.90. The molecule has 4 N–H and O–H groups in total. The number of para-hydroxylation sites is 1. The fraction of sp³-hybridized carbons (Fsp3) is 0.0909. The second-order valence-corrected chi connectivity index (χ2v) is 7.89. The van der Waals surface area contributed by atoms with Crippen molar-refractivity contribution in [3.8, 4) is 5.75 Å². The van der Waals surface area contributed by atoms with Crippen molar-refractivity contribution in [1.29, 1.82) is 0 Å². The number of quaternary nitrogens is 1. The first kappa shape index (κ1) is 18.1. The quantitative estimate of drug-likeness (QED) is 0.548. The molecule has 3 aromatic carbocycles. The molecule has 5 heteroatoms. The number of nitrogens with two attached hydrogens (primary N) is 1. The Balaban J connectivity index is 1.75. The van der Waals surface area contributed by atoms with Gasteiger partial charge in [0.2, 0.25) is 0 Å². The van der Waals surface area contributed by atoms with E-state index in [1.165, 1.54) is 0 Å². The van der Waals surface area contributed by atoms with Crippen molar-refractivity contribution in [2.75, 3.05) is 0 Å². The molecule has 0 bridgehead atoms. The lowest BCUT2D eigenvalue weighted by atomic mass is 9.98. The highest BCUT2D eigenvalue weighted by atomic mass is 79.9. The minimum atomic E-state index is -0.00762. The second kappa shape index (κ2) is 7.77. The molecule has 0 saturated carbocycles. The summed E-state index contributed by atoms with van der Waals surface area (Å²) in [5, 5.41) is 16.9. The van der Waals surface area contributed by atoms with E-state index in [1.54, 1.807) is 6.07 Å². The van der Waals surface area contributed by atoms with Gasteiger partial charge in [0.25, 0.3) is 0 Å². The van der Waals surface area contributed by atoms with Gasteiger partial charge in [-0.2, -0.15) is 0 Å². The van der Waals surface area contributed by atoms with Gasteiger partial charge in [-0.1, -0.05) is 51.8 Å². The third kappa shape index (κ3) is 4.03. The van der Waals surface area contributed by atoms with Crippen LogP contribution in [0, 0.1) is 0 Å². The molecule has 0 radical (unpaired) electrons. The molecule has 136 valence electrons. The summed E-state index contributed by atoms with van der Waals surface area (Å²) in [7, 11) is 0. The maximum Gasteiger partial charge on any atom is 0.186 e. The Labute approximate surface area is 171 Å². The van der Waals surface area contributed by atoms with Crippen LogP contribution in [0.3, 0.4) is 0 Å². The molecule has 0 fully saturated rings. The molecular weight excluding hydrogens is 424 g/mol. The number of nitrogens with one attached hydrogen (secondary N) is 1. The largest absolute Gasteiger partial charge is 0.507 e. The summed E-state index contributed by atoms with van der Waals surface area (Å²) < 4.78 is 1.05. The van der Waals surface area contributed by atoms with Gasteiger partial charge in [-0.25, -0.2) is 0 Å². The minimum Gasteiger partial charge on any atom is -0.507 e. The Morgan fingerprint density at radius 3 is 2.33 bits per heavy atom. The van der Waals surface area contributed by atoms with Crippen LogP contribution in [-0.4, -0.2) is 5.11 Å². The van der Waals surface area contributed by atoms with Crippen LogP contribution < -0.4 is 10.6 Å². The normalized spacial score (nSPS) is 19.3. The van der Waals surface area contributed by atoms with E-state index in [-0.39, 0.29) is 12.2 Å². The monoisotopic (exact) mass is 441 g/mol. The average Bonchev–Trinajstić information content (AvgIpc) is 2.69. The smallest absolute Gasteiger partial charge is 0.186 e. The number of aromatic hydroxyl groups is 1. The van der Waals surface area contributed by atoms with E-state index in [1.807, 2.05) is 54.6 Å². The standard InChI is InChI=1S/C22H18BrClN2O/c23-16-9-5-15(6-10-16)22-25-19(14-7-11-17(24)12-8-14)13-20(26-22)18-3-1-2-4-21(18)27/h1-13,20,22,25-27H/p+1. The predicted molar refractivity (Wildman–Crippen MR) is 112 cm³/mol. The highest BCUT2D eigenvalue weighted by Gasteiger charge is 2.29. The Kier molecular flexibility index (Phi) is 5.21. The third-order valence-electron chi connectivity index (χ3n) is 4.74. The molecule has 1 aliphatic heterocycles. The fourth-order valence-corrected chi connectivity index (χ4v) is 3.73. The van der Waals surface area contributed by atoms with Crippen LogP contribution in [0.4, 0.5) is 0 Å². The number of hydrogen-bond acceptors (Lipinski definition) is 2. The molecule has 3 aromatic rings. The lowest BCUT2D eigenvalue weighted by molar-refractivity contribution is -0.731. The summed E-state index contributed by atoms with van der Waals surface area (Å²) in [6.07, 6.45) is 2.17. The molecule has 0 spiro atoms. The van der Waals surface area contributed by atoms with E-state index in [2.05, 4.69) is 44.8 Å². The number of phenolic OH excluding ortho intramolecular Hbond substituents is 1. The Morgan fingerprint density at radius 2 is 1.63 bits per heavy atom. The summed E-state index contributed by atoms with van der Waals surface area (Å²) in [5.41, 5.74) is 4.15. The second-order valence-electron chi connectivity index (χ2n) is 6.54. The summed E-state index contributed by atoms with van der Waals surface area (Å²) in [6, 6.07) is 23.6. The van der Waals surface area contributed by atoms with Crippen LogP contribution in [0.1, 0.15) is 28.9 Å². The van der Waals surface area contributed by atoms with Crippen molar-refractivity contribution in [2.24, 2.45) is 0 Å². The summed E-state index contributed by atoms with van der Waals surface area (Å²) in [4.78, 5) is 0. The molecule has 4 rings (SSSR count). The molecule has 0 amide bonds.